The Morgan fingerprint density at radius 1 is 0.815 bits per heavy atom. The predicted octanol–water partition coefficient (Wildman–Crippen LogP) is 3.68. The van der Waals surface area contributed by atoms with Crippen LogP contribution >= 0.6 is 0 Å². The monoisotopic (exact) mass is 381 g/mol. The minimum absolute atomic E-state index is 0.0904. The third-order valence-corrected chi connectivity index (χ3v) is 5.75. The molecule has 0 aliphatic carbocycles. The lowest BCUT2D eigenvalue weighted by atomic mass is 9.94. The Labute approximate surface area is 160 Å². The fourth-order valence-corrected chi connectivity index (χ4v) is 4.08. The zero-order valence-electron chi connectivity index (χ0n) is 15.2. The van der Waals surface area contributed by atoms with Crippen LogP contribution in [0.15, 0.2) is 84.9 Å². The normalized spacial score (nSPS) is 13.9. The number of aliphatic hydroxyl groups is 1. The Bertz CT molecular complexity index is 967. The van der Waals surface area contributed by atoms with Crippen LogP contribution in [0.5, 0.6) is 0 Å². The molecular weight excluding hydrogens is 358 g/mol. The quantitative estimate of drug-likeness (QED) is 0.656. The number of nitrogens with one attached hydrogen (secondary N) is 1. The lowest BCUT2D eigenvalue weighted by Gasteiger charge is -2.24. The summed E-state index contributed by atoms with van der Waals surface area (Å²) in [4.78, 5) is 0. The molecule has 0 radical (unpaired) electrons. The summed E-state index contributed by atoms with van der Waals surface area (Å²) in [5, 5.41) is 10.7. The molecule has 0 bridgehead atoms. The van der Waals surface area contributed by atoms with Gasteiger partial charge < -0.3 is 5.11 Å². The van der Waals surface area contributed by atoms with Crippen molar-refractivity contribution in [3.8, 4) is 11.1 Å². The SMILES string of the molecule is CC(O)(CNS(=O)(=O)Cc1ccccc1)c1ccc(-c2ccccc2)cc1. The first kappa shape index (κ1) is 19.3. The number of hydrogen-bond acceptors (Lipinski definition) is 3. The lowest BCUT2D eigenvalue weighted by Crippen LogP contribution is -2.39. The topological polar surface area (TPSA) is 66.4 Å². The van der Waals surface area contributed by atoms with E-state index in [-0.39, 0.29) is 12.3 Å². The maximum absolute atomic E-state index is 12.3. The molecule has 4 nitrogen and oxygen atoms in total. The van der Waals surface area contributed by atoms with E-state index in [9.17, 15) is 13.5 Å². The Morgan fingerprint density at radius 3 is 1.93 bits per heavy atom. The van der Waals surface area contributed by atoms with Crippen molar-refractivity contribution < 1.29 is 13.5 Å². The standard InChI is InChI=1S/C22H23NO3S/c1-22(24,17-23-27(25,26)16-18-8-4-2-5-9-18)21-14-12-20(13-15-21)19-10-6-3-7-11-19/h2-15,23-24H,16-17H2,1H3. The molecule has 0 saturated heterocycles. The molecule has 1 unspecified atom stereocenters. The molecule has 0 heterocycles. The Morgan fingerprint density at radius 2 is 1.33 bits per heavy atom. The summed E-state index contributed by atoms with van der Waals surface area (Å²) in [6.07, 6.45) is 0. The average molecular weight is 381 g/mol. The zero-order chi connectivity index (χ0) is 19.3. The highest BCUT2D eigenvalue weighted by molar-refractivity contribution is 7.88. The highest BCUT2D eigenvalue weighted by Gasteiger charge is 2.25. The lowest BCUT2D eigenvalue weighted by molar-refractivity contribution is 0.0627. The van der Waals surface area contributed by atoms with E-state index in [1.807, 2.05) is 60.7 Å². The first-order chi connectivity index (χ1) is 12.9. The molecule has 1 atom stereocenters. The van der Waals surface area contributed by atoms with Crippen LogP contribution in [0.25, 0.3) is 11.1 Å². The summed E-state index contributed by atoms with van der Waals surface area (Å²) in [5.41, 5.74) is 2.19. The summed E-state index contributed by atoms with van der Waals surface area (Å²) >= 11 is 0. The summed E-state index contributed by atoms with van der Waals surface area (Å²) in [6, 6.07) is 26.4. The van der Waals surface area contributed by atoms with Crippen LogP contribution in [-0.2, 0) is 21.4 Å². The molecule has 3 aromatic carbocycles. The highest BCUT2D eigenvalue weighted by Crippen LogP contribution is 2.25. The van der Waals surface area contributed by atoms with Gasteiger partial charge in [0.25, 0.3) is 0 Å². The third-order valence-electron chi connectivity index (χ3n) is 4.45. The van der Waals surface area contributed by atoms with Crippen molar-refractivity contribution in [3.05, 3.63) is 96.1 Å². The first-order valence-corrected chi connectivity index (χ1v) is 10.4. The molecule has 27 heavy (non-hydrogen) atoms. The largest absolute Gasteiger partial charge is 0.384 e. The number of benzene rings is 3. The van der Waals surface area contributed by atoms with Gasteiger partial charge in [0, 0.05) is 6.54 Å². The first-order valence-electron chi connectivity index (χ1n) is 8.75. The Kier molecular flexibility index (Phi) is 5.75. The average Bonchev–Trinajstić information content (AvgIpc) is 2.68. The van der Waals surface area contributed by atoms with Gasteiger partial charge in [-0.2, -0.15) is 0 Å². The molecule has 140 valence electrons. The molecule has 3 rings (SSSR count). The molecule has 0 fully saturated rings. The Balaban J connectivity index is 1.67. The molecule has 0 spiro atoms. The summed E-state index contributed by atoms with van der Waals surface area (Å²) < 4.78 is 27.1. The number of rotatable bonds is 7. The molecule has 0 aliphatic rings. The summed E-state index contributed by atoms with van der Waals surface area (Å²) in [6.45, 7) is 1.52. The summed E-state index contributed by atoms with van der Waals surface area (Å²) in [5.74, 6) is -0.114. The van der Waals surface area contributed by atoms with Crippen LogP contribution in [-0.4, -0.2) is 20.1 Å². The van der Waals surface area contributed by atoms with E-state index in [4.69, 9.17) is 0 Å². The summed E-state index contributed by atoms with van der Waals surface area (Å²) in [7, 11) is -3.54. The van der Waals surface area contributed by atoms with Gasteiger partial charge in [0.15, 0.2) is 0 Å². The van der Waals surface area contributed by atoms with Crippen LogP contribution in [0.4, 0.5) is 0 Å². The predicted molar refractivity (Wildman–Crippen MR) is 109 cm³/mol. The van der Waals surface area contributed by atoms with E-state index < -0.39 is 15.6 Å². The van der Waals surface area contributed by atoms with Gasteiger partial charge in [0.05, 0.1) is 5.75 Å². The van der Waals surface area contributed by atoms with Gasteiger partial charge >= 0.3 is 0 Å². The van der Waals surface area contributed by atoms with Gasteiger partial charge in [0.2, 0.25) is 10.0 Å². The second-order valence-corrected chi connectivity index (χ2v) is 8.59. The number of hydrogen-bond donors (Lipinski definition) is 2. The van der Waals surface area contributed by atoms with Crippen molar-refractivity contribution in [3.63, 3.8) is 0 Å². The van der Waals surface area contributed by atoms with E-state index >= 15 is 0 Å². The zero-order valence-corrected chi connectivity index (χ0v) is 16.0. The van der Waals surface area contributed by atoms with Crippen LogP contribution in [0.1, 0.15) is 18.1 Å². The fourth-order valence-electron chi connectivity index (χ4n) is 2.85. The van der Waals surface area contributed by atoms with Crippen LogP contribution in [0, 0.1) is 0 Å². The second kappa shape index (κ2) is 8.05. The van der Waals surface area contributed by atoms with Gasteiger partial charge in [0.1, 0.15) is 5.60 Å². The van der Waals surface area contributed by atoms with E-state index in [0.29, 0.717) is 11.1 Å². The van der Waals surface area contributed by atoms with Crippen molar-refractivity contribution in [2.45, 2.75) is 18.3 Å². The van der Waals surface area contributed by atoms with Crippen molar-refractivity contribution in [1.29, 1.82) is 0 Å². The third kappa shape index (κ3) is 5.26. The van der Waals surface area contributed by atoms with E-state index in [1.165, 1.54) is 0 Å². The molecule has 0 amide bonds. The molecule has 0 saturated carbocycles. The molecular formula is C22H23NO3S. The van der Waals surface area contributed by atoms with E-state index in [0.717, 1.165) is 11.1 Å². The van der Waals surface area contributed by atoms with Gasteiger partial charge in [-0.1, -0.05) is 84.9 Å². The minimum Gasteiger partial charge on any atom is -0.384 e. The molecule has 5 heteroatoms. The smallest absolute Gasteiger partial charge is 0.215 e. The van der Waals surface area contributed by atoms with Gasteiger partial charge in [-0.05, 0) is 29.2 Å². The van der Waals surface area contributed by atoms with Gasteiger partial charge in [-0.3, -0.25) is 0 Å². The van der Waals surface area contributed by atoms with Crippen LogP contribution in [0.2, 0.25) is 0 Å². The highest BCUT2D eigenvalue weighted by atomic mass is 32.2. The van der Waals surface area contributed by atoms with Crippen molar-refractivity contribution in [2.75, 3.05) is 6.54 Å². The molecule has 0 aliphatic heterocycles. The number of sulfonamides is 1. The molecule has 3 aromatic rings. The Hall–Kier alpha value is -2.47. The maximum Gasteiger partial charge on any atom is 0.215 e. The van der Waals surface area contributed by atoms with Crippen LogP contribution in [0.3, 0.4) is 0 Å². The van der Waals surface area contributed by atoms with Gasteiger partial charge in [-0.15, -0.1) is 0 Å². The fraction of sp³-hybridized carbons (Fsp3) is 0.182. The van der Waals surface area contributed by atoms with Crippen LogP contribution < -0.4 is 4.72 Å². The van der Waals surface area contributed by atoms with E-state index in [2.05, 4.69) is 4.72 Å². The maximum atomic E-state index is 12.3. The second-order valence-electron chi connectivity index (χ2n) is 6.78. The van der Waals surface area contributed by atoms with E-state index in [1.54, 1.807) is 31.2 Å². The van der Waals surface area contributed by atoms with Crippen molar-refractivity contribution in [1.82, 2.24) is 4.72 Å². The molecule has 0 aromatic heterocycles. The van der Waals surface area contributed by atoms with Gasteiger partial charge in [-0.25, -0.2) is 13.1 Å². The minimum atomic E-state index is -3.54. The molecule has 2 N–H and O–H groups in total. The van der Waals surface area contributed by atoms with Crippen molar-refractivity contribution in [2.24, 2.45) is 0 Å². The van der Waals surface area contributed by atoms with Crippen molar-refractivity contribution >= 4 is 10.0 Å².